The molecule has 2 aromatic carbocycles. The fraction of sp³-hybridized carbons (Fsp3) is 0.294. The molecule has 0 aromatic heterocycles. The molecule has 0 spiro atoms. The van der Waals surface area contributed by atoms with Crippen molar-refractivity contribution in [1.82, 2.24) is 5.32 Å². The van der Waals surface area contributed by atoms with Gasteiger partial charge in [-0.2, -0.15) is 0 Å². The highest BCUT2D eigenvalue weighted by Gasteiger charge is 2.06. The van der Waals surface area contributed by atoms with E-state index in [4.69, 9.17) is 16.3 Å². The Morgan fingerprint density at radius 2 is 1.81 bits per heavy atom. The highest BCUT2D eigenvalue weighted by atomic mass is 35.5. The van der Waals surface area contributed by atoms with Crippen LogP contribution in [0, 0.1) is 0 Å². The van der Waals surface area contributed by atoms with Gasteiger partial charge in [0.05, 0.1) is 0 Å². The Balaban J connectivity index is 0.00000220. The summed E-state index contributed by atoms with van der Waals surface area (Å²) in [6.07, 6.45) is 0. The van der Waals surface area contributed by atoms with Gasteiger partial charge < -0.3 is 10.1 Å². The monoisotopic (exact) mass is 325 g/mol. The first-order valence-electron chi connectivity index (χ1n) is 6.83. The lowest BCUT2D eigenvalue weighted by Crippen LogP contribution is -2.22. The van der Waals surface area contributed by atoms with Crippen molar-refractivity contribution < 1.29 is 4.74 Å². The Morgan fingerprint density at radius 3 is 2.48 bits per heavy atom. The molecule has 2 nitrogen and oxygen atoms in total. The van der Waals surface area contributed by atoms with Gasteiger partial charge in [-0.15, -0.1) is 12.4 Å². The highest BCUT2D eigenvalue weighted by molar-refractivity contribution is 6.30. The lowest BCUT2D eigenvalue weighted by molar-refractivity contribution is 0.302. The lowest BCUT2D eigenvalue weighted by Gasteiger charge is -2.14. The van der Waals surface area contributed by atoms with Crippen LogP contribution in [0.2, 0.25) is 5.02 Å². The van der Waals surface area contributed by atoms with Gasteiger partial charge in [-0.1, -0.05) is 55.8 Å². The molecule has 2 rings (SSSR count). The van der Waals surface area contributed by atoms with Crippen molar-refractivity contribution in [2.24, 2.45) is 0 Å². The first-order valence-corrected chi connectivity index (χ1v) is 7.21. The first-order chi connectivity index (χ1) is 9.65. The highest BCUT2D eigenvalue weighted by Crippen LogP contribution is 2.24. The van der Waals surface area contributed by atoms with E-state index in [1.807, 2.05) is 36.4 Å². The predicted octanol–water partition coefficient (Wildman–Crippen LogP) is 4.84. The summed E-state index contributed by atoms with van der Waals surface area (Å²) in [5, 5.41) is 4.12. The van der Waals surface area contributed by atoms with Crippen molar-refractivity contribution in [2.75, 3.05) is 0 Å². The molecule has 0 radical (unpaired) electrons. The van der Waals surface area contributed by atoms with Gasteiger partial charge in [-0.05, 0) is 23.8 Å². The van der Waals surface area contributed by atoms with E-state index in [0.29, 0.717) is 12.6 Å². The molecule has 0 amide bonds. The predicted molar refractivity (Wildman–Crippen MR) is 91.4 cm³/mol. The van der Waals surface area contributed by atoms with Crippen LogP contribution in [-0.2, 0) is 13.2 Å². The third-order valence-corrected chi connectivity index (χ3v) is 3.20. The van der Waals surface area contributed by atoms with E-state index in [1.165, 1.54) is 0 Å². The molecular formula is C17H21Cl2NO. The van der Waals surface area contributed by atoms with Gasteiger partial charge in [0.2, 0.25) is 0 Å². The number of halogens is 2. The zero-order chi connectivity index (χ0) is 14.4. The number of benzene rings is 2. The van der Waals surface area contributed by atoms with E-state index < -0.39 is 0 Å². The van der Waals surface area contributed by atoms with Crippen LogP contribution < -0.4 is 10.1 Å². The van der Waals surface area contributed by atoms with Crippen LogP contribution in [0.3, 0.4) is 0 Å². The van der Waals surface area contributed by atoms with Crippen molar-refractivity contribution in [3.05, 3.63) is 64.7 Å². The van der Waals surface area contributed by atoms with E-state index >= 15 is 0 Å². The van der Waals surface area contributed by atoms with Crippen molar-refractivity contribution in [2.45, 2.75) is 33.0 Å². The van der Waals surface area contributed by atoms with Crippen molar-refractivity contribution >= 4 is 24.0 Å². The molecule has 0 saturated carbocycles. The largest absolute Gasteiger partial charge is 0.489 e. The second kappa shape index (κ2) is 8.93. The number of nitrogens with one attached hydrogen (secondary N) is 1. The molecule has 114 valence electrons. The zero-order valence-electron chi connectivity index (χ0n) is 12.3. The number of rotatable bonds is 6. The first kappa shape index (κ1) is 17.8. The fourth-order valence-corrected chi connectivity index (χ4v) is 2.07. The average molecular weight is 326 g/mol. The molecule has 21 heavy (non-hydrogen) atoms. The van der Waals surface area contributed by atoms with Crippen LogP contribution in [0.1, 0.15) is 25.0 Å². The summed E-state index contributed by atoms with van der Waals surface area (Å²) in [5.74, 6) is 0.881. The van der Waals surface area contributed by atoms with Crippen LogP contribution in [-0.4, -0.2) is 6.04 Å². The molecule has 0 saturated heterocycles. The van der Waals surface area contributed by atoms with E-state index in [1.54, 1.807) is 0 Å². The SMILES string of the molecule is CC(C)NCc1cc(Cl)ccc1OCc1ccccc1.Cl. The Hall–Kier alpha value is -1.22. The van der Waals surface area contributed by atoms with Crippen LogP contribution in [0.4, 0.5) is 0 Å². The summed E-state index contributed by atoms with van der Waals surface area (Å²) in [5.41, 5.74) is 2.24. The van der Waals surface area contributed by atoms with E-state index in [2.05, 4.69) is 31.3 Å². The summed E-state index contributed by atoms with van der Waals surface area (Å²) >= 11 is 6.07. The van der Waals surface area contributed by atoms with Gasteiger partial charge in [-0.25, -0.2) is 0 Å². The maximum Gasteiger partial charge on any atom is 0.124 e. The van der Waals surface area contributed by atoms with Gasteiger partial charge in [0.15, 0.2) is 0 Å². The number of hydrogen-bond acceptors (Lipinski definition) is 2. The molecule has 0 bridgehead atoms. The summed E-state index contributed by atoms with van der Waals surface area (Å²) in [4.78, 5) is 0. The quantitative estimate of drug-likeness (QED) is 0.820. The normalized spacial score (nSPS) is 10.3. The van der Waals surface area contributed by atoms with Gasteiger partial charge in [0.1, 0.15) is 12.4 Å². The third kappa shape index (κ3) is 5.96. The van der Waals surface area contributed by atoms with Crippen molar-refractivity contribution in [3.63, 3.8) is 0 Å². The van der Waals surface area contributed by atoms with Crippen LogP contribution in [0.25, 0.3) is 0 Å². The molecular weight excluding hydrogens is 305 g/mol. The minimum Gasteiger partial charge on any atom is -0.489 e. The average Bonchev–Trinajstić information content (AvgIpc) is 2.45. The Kier molecular flexibility index (Phi) is 7.58. The van der Waals surface area contributed by atoms with Gasteiger partial charge in [0.25, 0.3) is 0 Å². The maximum absolute atomic E-state index is 6.07. The fourth-order valence-electron chi connectivity index (χ4n) is 1.88. The van der Waals surface area contributed by atoms with Crippen molar-refractivity contribution in [1.29, 1.82) is 0 Å². The van der Waals surface area contributed by atoms with E-state index in [0.717, 1.165) is 28.4 Å². The summed E-state index contributed by atoms with van der Waals surface area (Å²) in [7, 11) is 0. The minimum absolute atomic E-state index is 0. The minimum atomic E-state index is 0. The smallest absolute Gasteiger partial charge is 0.124 e. The molecule has 0 aliphatic rings. The molecule has 4 heteroatoms. The molecule has 0 aliphatic carbocycles. The Bertz CT molecular complexity index is 544. The summed E-state index contributed by atoms with van der Waals surface area (Å²) < 4.78 is 5.91. The maximum atomic E-state index is 6.07. The van der Waals surface area contributed by atoms with Crippen LogP contribution >= 0.6 is 24.0 Å². The number of ether oxygens (including phenoxy) is 1. The van der Waals surface area contributed by atoms with Gasteiger partial charge in [0, 0.05) is 23.2 Å². The summed E-state index contributed by atoms with van der Waals surface area (Å²) in [6.45, 7) is 5.56. The Labute approximate surface area is 137 Å². The lowest BCUT2D eigenvalue weighted by atomic mass is 10.2. The van der Waals surface area contributed by atoms with Crippen molar-refractivity contribution in [3.8, 4) is 5.75 Å². The molecule has 0 atom stereocenters. The number of hydrogen-bond donors (Lipinski definition) is 1. The Morgan fingerprint density at radius 1 is 1.10 bits per heavy atom. The van der Waals surface area contributed by atoms with Crippen LogP contribution in [0.5, 0.6) is 5.75 Å². The second-order valence-corrected chi connectivity index (χ2v) is 5.50. The molecule has 0 heterocycles. The molecule has 0 fully saturated rings. The van der Waals surface area contributed by atoms with Gasteiger partial charge in [-0.3, -0.25) is 0 Å². The van der Waals surface area contributed by atoms with E-state index in [9.17, 15) is 0 Å². The van der Waals surface area contributed by atoms with Gasteiger partial charge >= 0.3 is 0 Å². The topological polar surface area (TPSA) is 21.3 Å². The molecule has 1 N–H and O–H groups in total. The third-order valence-electron chi connectivity index (χ3n) is 2.96. The molecule has 0 aliphatic heterocycles. The zero-order valence-corrected chi connectivity index (χ0v) is 13.9. The summed E-state index contributed by atoms with van der Waals surface area (Å²) in [6, 6.07) is 16.3. The standard InChI is InChI=1S/C17H20ClNO.ClH/c1-13(2)19-11-15-10-16(18)8-9-17(15)20-12-14-6-4-3-5-7-14;/h3-10,13,19H,11-12H2,1-2H3;1H. The van der Waals surface area contributed by atoms with E-state index in [-0.39, 0.29) is 12.4 Å². The molecule has 0 unspecified atom stereocenters. The molecule has 2 aromatic rings. The van der Waals surface area contributed by atoms with Crippen LogP contribution in [0.15, 0.2) is 48.5 Å². The second-order valence-electron chi connectivity index (χ2n) is 5.06.